The van der Waals surface area contributed by atoms with Crippen molar-refractivity contribution >= 4 is 5.69 Å². The first kappa shape index (κ1) is 15.0. The lowest BCUT2D eigenvalue weighted by Crippen LogP contribution is -2.38. The number of nitrogens with zero attached hydrogens (tertiary/aromatic N) is 1. The summed E-state index contributed by atoms with van der Waals surface area (Å²) in [7, 11) is 0. The highest BCUT2D eigenvalue weighted by Gasteiger charge is 2.31. The maximum atomic E-state index is 13.6. The molecule has 0 aliphatic carbocycles. The van der Waals surface area contributed by atoms with Crippen molar-refractivity contribution in [2.75, 3.05) is 18.0 Å². The molecule has 0 aromatic heterocycles. The molecule has 1 aliphatic rings. The van der Waals surface area contributed by atoms with Crippen molar-refractivity contribution in [3.8, 4) is 0 Å². The molecule has 20 heavy (non-hydrogen) atoms. The topological polar surface area (TPSA) is 23.5 Å². The fourth-order valence-corrected chi connectivity index (χ4v) is 2.48. The molecule has 7 heteroatoms. The molecule has 0 radical (unpaired) electrons. The number of aliphatic hydroxyl groups excluding tert-OH is 1. The van der Waals surface area contributed by atoms with Gasteiger partial charge in [-0.1, -0.05) is 0 Å². The van der Waals surface area contributed by atoms with E-state index in [4.69, 9.17) is 0 Å². The molecular weight excluding hydrogens is 281 g/mol. The van der Waals surface area contributed by atoms with E-state index >= 15 is 0 Å². The van der Waals surface area contributed by atoms with Gasteiger partial charge in [0.05, 0.1) is 6.10 Å². The van der Waals surface area contributed by atoms with Gasteiger partial charge in [0, 0.05) is 13.1 Å². The molecule has 0 bridgehead atoms. The molecule has 1 N–H and O–H groups in total. The van der Waals surface area contributed by atoms with Crippen LogP contribution in [0.1, 0.15) is 19.8 Å². The van der Waals surface area contributed by atoms with Crippen molar-refractivity contribution in [2.45, 2.75) is 25.9 Å². The smallest absolute Gasteiger partial charge is 0.200 e. The number of piperidine rings is 1. The van der Waals surface area contributed by atoms with Gasteiger partial charge in [-0.05, 0) is 25.7 Å². The summed E-state index contributed by atoms with van der Waals surface area (Å²) < 4.78 is 66.5. The van der Waals surface area contributed by atoms with Gasteiger partial charge in [0.25, 0.3) is 0 Å². The van der Waals surface area contributed by atoms with E-state index in [0.717, 1.165) is 4.90 Å². The first-order valence-corrected chi connectivity index (χ1v) is 6.29. The third kappa shape index (κ3) is 2.46. The molecule has 1 atom stereocenters. The Kier molecular flexibility index (Phi) is 4.17. The second kappa shape index (κ2) is 5.55. The van der Waals surface area contributed by atoms with E-state index in [9.17, 15) is 27.1 Å². The Morgan fingerprint density at radius 2 is 1.30 bits per heavy atom. The molecule has 0 spiro atoms. The van der Waals surface area contributed by atoms with Crippen molar-refractivity contribution in [3.63, 3.8) is 0 Å². The molecule has 2 rings (SSSR count). The van der Waals surface area contributed by atoms with Crippen LogP contribution in [0.15, 0.2) is 0 Å². The van der Waals surface area contributed by atoms with Crippen LogP contribution in [-0.4, -0.2) is 24.3 Å². The van der Waals surface area contributed by atoms with Crippen LogP contribution in [0.3, 0.4) is 0 Å². The molecule has 1 aliphatic heterocycles. The molecule has 0 saturated carbocycles. The molecule has 1 aromatic carbocycles. The summed E-state index contributed by atoms with van der Waals surface area (Å²) in [6, 6.07) is 0. The van der Waals surface area contributed by atoms with Crippen molar-refractivity contribution in [1.29, 1.82) is 0 Å². The van der Waals surface area contributed by atoms with Crippen LogP contribution in [0.5, 0.6) is 0 Å². The lowest BCUT2D eigenvalue weighted by atomic mass is 9.92. The molecule has 1 fully saturated rings. The van der Waals surface area contributed by atoms with E-state index in [-0.39, 0.29) is 19.0 Å². The van der Waals surface area contributed by atoms with Crippen LogP contribution in [0.25, 0.3) is 0 Å². The number of aliphatic hydroxyl groups is 1. The highest BCUT2D eigenvalue weighted by atomic mass is 19.2. The first-order valence-electron chi connectivity index (χ1n) is 6.29. The van der Waals surface area contributed by atoms with Gasteiger partial charge in [-0.2, -0.15) is 0 Å². The zero-order valence-electron chi connectivity index (χ0n) is 10.8. The number of hydrogen-bond acceptors (Lipinski definition) is 2. The van der Waals surface area contributed by atoms with Crippen LogP contribution in [0.2, 0.25) is 0 Å². The molecule has 1 aromatic rings. The SMILES string of the molecule is CC(O)C1CCN(c2c(F)c(F)c(F)c(F)c2F)CC1. The van der Waals surface area contributed by atoms with Gasteiger partial charge in [-0.25, -0.2) is 22.0 Å². The van der Waals surface area contributed by atoms with Crippen molar-refractivity contribution in [1.82, 2.24) is 0 Å². The average Bonchev–Trinajstić information content (AvgIpc) is 2.44. The summed E-state index contributed by atoms with van der Waals surface area (Å²) in [6.07, 6.45) is 0.294. The Balaban J connectivity index is 2.31. The minimum atomic E-state index is -2.15. The zero-order chi connectivity index (χ0) is 15.0. The van der Waals surface area contributed by atoms with Crippen LogP contribution in [0.4, 0.5) is 27.6 Å². The summed E-state index contributed by atoms with van der Waals surface area (Å²) in [5.74, 6) is -9.67. The van der Waals surface area contributed by atoms with Crippen molar-refractivity contribution in [3.05, 3.63) is 29.1 Å². The Labute approximate surface area is 112 Å². The van der Waals surface area contributed by atoms with Crippen LogP contribution in [0, 0.1) is 35.0 Å². The average molecular weight is 295 g/mol. The number of rotatable bonds is 2. The van der Waals surface area contributed by atoms with E-state index < -0.39 is 40.9 Å². The van der Waals surface area contributed by atoms with E-state index in [2.05, 4.69) is 0 Å². The summed E-state index contributed by atoms with van der Waals surface area (Å²) in [5, 5.41) is 9.43. The second-order valence-electron chi connectivity index (χ2n) is 4.98. The standard InChI is InChI=1S/C13H14F5NO/c1-6(20)7-2-4-19(5-3-7)13-11(17)9(15)8(14)10(16)12(13)18/h6-7,20H,2-5H2,1H3. The normalized spacial score (nSPS) is 18.4. The third-order valence-corrected chi connectivity index (χ3v) is 3.72. The monoisotopic (exact) mass is 295 g/mol. The van der Waals surface area contributed by atoms with Gasteiger partial charge in [-0.15, -0.1) is 0 Å². The highest BCUT2D eigenvalue weighted by Crippen LogP contribution is 2.33. The quantitative estimate of drug-likeness (QED) is 0.515. The highest BCUT2D eigenvalue weighted by molar-refractivity contribution is 5.50. The molecular formula is C13H14F5NO. The van der Waals surface area contributed by atoms with Crippen molar-refractivity contribution in [2.24, 2.45) is 5.92 Å². The summed E-state index contributed by atoms with van der Waals surface area (Å²) in [5.41, 5.74) is -0.884. The Morgan fingerprint density at radius 1 is 0.900 bits per heavy atom. The lowest BCUT2D eigenvalue weighted by Gasteiger charge is -2.35. The Morgan fingerprint density at radius 3 is 1.70 bits per heavy atom. The van der Waals surface area contributed by atoms with E-state index in [1.807, 2.05) is 0 Å². The van der Waals surface area contributed by atoms with E-state index in [1.54, 1.807) is 6.92 Å². The van der Waals surface area contributed by atoms with Gasteiger partial charge in [0.1, 0.15) is 5.69 Å². The minimum Gasteiger partial charge on any atom is -0.393 e. The molecule has 1 unspecified atom stereocenters. The van der Waals surface area contributed by atoms with Crippen molar-refractivity contribution < 1.29 is 27.1 Å². The van der Waals surface area contributed by atoms with Gasteiger partial charge in [-0.3, -0.25) is 0 Å². The minimum absolute atomic E-state index is 0.0347. The van der Waals surface area contributed by atoms with E-state index in [1.165, 1.54) is 0 Å². The maximum absolute atomic E-state index is 13.6. The van der Waals surface area contributed by atoms with Gasteiger partial charge >= 0.3 is 0 Å². The predicted molar refractivity (Wildman–Crippen MR) is 62.8 cm³/mol. The lowest BCUT2D eigenvalue weighted by molar-refractivity contribution is 0.109. The molecule has 1 saturated heterocycles. The predicted octanol–water partition coefficient (Wildman–Crippen LogP) is 2.98. The number of halogens is 5. The van der Waals surface area contributed by atoms with Gasteiger partial charge in [0.2, 0.25) is 5.82 Å². The summed E-state index contributed by atoms with van der Waals surface area (Å²) in [4.78, 5) is 1.13. The summed E-state index contributed by atoms with van der Waals surface area (Å²) >= 11 is 0. The fourth-order valence-electron chi connectivity index (χ4n) is 2.48. The van der Waals surface area contributed by atoms with Gasteiger partial charge < -0.3 is 10.0 Å². The summed E-state index contributed by atoms with van der Waals surface area (Å²) in [6.45, 7) is 1.88. The Hall–Kier alpha value is -1.37. The number of anilines is 1. The first-order chi connectivity index (χ1) is 9.34. The Bertz CT molecular complexity index is 483. The molecule has 112 valence electrons. The maximum Gasteiger partial charge on any atom is 0.200 e. The van der Waals surface area contributed by atoms with Crippen LogP contribution < -0.4 is 4.90 Å². The third-order valence-electron chi connectivity index (χ3n) is 3.72. The number of hydrogen-bond donors (Lipinski definition) is 1. The fraction of sp³-hybridized carbons (Fsp3) is 0.538. The van der Waals surface area contributed by atoms with Crippen LogP contribution >= 0.6 is 0 Å². The second-order valence-corrected chi connectivity index (χ2v) is 4.98. The largest absolute Gasteiger partial charge is 0.393 e. The number of benzene rings is 1. The molecule has 2 nitrogen and oxygen atoms in total. The molecule has 1 heterocycles. The van der Waals surface area contributed by atoms with Gasteiger partial charge in [0.15, 0.2) is 23.3 Å². The molecule has 0 amide bonds. The van der Waals surface area contributed by atoms with Crippen LogP contribution in [-0.2, 0) is 0 Å². The van der Waals surface area contributed by atoms with E-state index in [0.29, 0.717) is 12.8 Å². The zero-order valence-corrected chi connectivity index (χ0v) is 10.8.